The monoisotopic (exact) mass is 1280 g/mol. The molecule has 91 heavy (non-hydrogen) atoms. The number of benzene rings is 2. The van der Waals surface area contributed by atoms with E-state index in [0.29, 0.717) is 52.7 Å². The number of nitrogens with two attached hydrogens (primary N) is 1. The van der Waals surface area contributed by atoms with Gasteiger partial charge in [-0.2, -0.15) is 0 Å². The molecule has 27 heteroatoms. The second-order valence-electron chi connectivity index (χ2n) is 23.9. The molecular formula is C64H86N10O16S. The van der Waals surface area contributed by atoms with E-state index < -0.39 is 175 Å². The van der Waals surface area contributed by atoms with Gasteiger partial charge in [0.25, 0.3) is 0 Å². The van der Waals surface area contributed by atoms with Gasteiger partial charge in [-0.1, -0.05) is 83.9 Å². The number of carbonyl (C=O) groups is 14. The van der Waals surface area contributed by atoms with Crippen LogP contribution in [0.3, 0.4) is 0 Å². The van der Waals surface area contributed by atoms with Gasteiger partial charge in [0.2, 0.25) is 53.2 Å². The Hall–Kier alpha value is -8.17. The molecule has 10 atom stereocenters. The third kappa shape index (κ3) is 21.5. The summed E-state index contributed by atoms with van der Waals surface area (Å²) < 4.78 is 5.54. The predicted octanol–water partition coefficient (Wildman–Crippen LogP) is 1.02. The molecule has 2 aromatic carbocycles. The number of fused-ring (bicyclic) bond motifs is 5. The molecule has 0 radical (unpaired) electrons. The lowest BCUT2D eigenvalue weighted by molar-refractivity contribution is -0.145. The van der Waals surface area contributed by atoms with Crippen molar-refractivity contribution in [3.63, 3.8) is 0 Å². The number of rotatable bonds is 24. The van der Waals surface area contributed by atoms with E-state index in [2.05, 4.69) is 42.2 Å². The molecule has 11 N–H and O–H groups in total. The maximum atomic E-state index is 14.9. The summed E-state index contributed by atoms with van der Waals surface area (Å²) in [5, 5.41) is 30.2. The molecule has 1 fully saturated rings. The number of nitrogens with zero attached hydrogens (tertiary/aromatic N) is 1. The Balaban J connectivity index is 1.28. The molecule has 0 aliphatic carbocycles. The second kappa shape index (κ2) is 34.9. The van der Waals surface area contributed by atoms with Gasteiger partial charge in [-0.25, -0.2) is 0 Å². The average molecular weight is 1280 g/mol. The van der Waals surface area contributed by atoms with E-state index in [0.717, 1.165) is 22.2 Å². The van der Waals surface area contributed by atoms with Crippen LogP contribution in [0.1, 0.15) is 128 Å². The summed E-state index contributed by atoms with van der Waals surface area (Å²) in [5.41, 5.74) is 7.80. The normalized spacial score (nSPS) is 22.6. The van der Waals surface area contributed by atoms with E-state index in [1.807, 2.05) is 13.0 Å². The van der Waals surface area contributed by atoms with Crippen molar-refractivity contribution in [2.75, 3.05) is 38.7 Å². The number of hydrogen-bond donors (Lipinski definition) is 10. The first-order valence-electron chi connectivity index (χ1n) is 31.1. The van der Waals surface area contributed by atoms with Crippen LogP contribution in [0.5, 0.6) is 0 Å². The highest BCUT2D eigenvalue weighted by Gasteiger charge is 2.44. The summed E-state index contributed by atoms with van der Waals surface area (Å²) in [6.07, 6.45) is -2.33. The highest BCUT2D eigenvalue weighted by molar-refractivity contribution is 7.99. The number of nitrogens with one attached hydrogen (secondary N) is 8. The Bertz CT molecular complexity index is 3190. The molecule has 6 rings (SSSR count). The van der Waals surface area contributed by atoms with Crippen molar-refractivity contribution >= 4 is 105 Å². The van der Waals surface area contributed by atoms with Crippen LogP contribution in [0, 0.1) is 23.7 Å². The molecule has 3 aliphatic rings. The Morgan fingerprint density at radius 2 is 1.42 bits per heavy atom. The van der Waals surface area contributed by atoms with Crippen molar-refractivity contribution in [3.05, 3.63) is 65.2 Å². The van der Waals surface area contributed by atoms with Gasteiger partial charge < -0.3 is 62.7 Å². The molecule has 26 nitrogen and oxygen atoms in total. The van der Waals surface area contributed by atoms with E-state index in [9.17, 15) is 72.2 Å². The zero-order chi connectivity index (χ0) is 66.5. The Morgan fingerprint density at radius 1 is 0.736 bits per heavy atom. The molecular weight excluding hydrogens is 1200 g/mol. The number of aromatic nitrogens is 1. The molecule has 4 heterocycles. The van der Waals surface area contributed by atoms with E-state index in [-0.39, 0.29) is 76.2 Å². The SMILES string of the molecule is CCCC(=O)CCC(=O)NC(Cc1ccccc1)C(=O)CCC(=O)NCOCC(=O)Cc1ccc2[nH]c3c(c2c1)C[C@@H]1CC(=O)[C@H](C(C)CC)NC(=O)[C@@H]2C[C@@H](O)CN2C(=O)[C@H](CC(N)=O)CC(=O)[C@H](CS3)NC(=O)CNC(=O)[C@H]([C@@H](C)CC)NC(=O)CNC1=O. The minimum absolute atomic E-state index is 0.0469. The lowest BCUT2D eigenvalue weighted by atomic mass is 9.86. The number of hydrogen-bond acceptors (Lipinski definition) is 17. The number of H-pyrrole nitrogens is 1. The molecule has 1 saturated heterocycles. The van der Waals surface area contributed by atoms with Crippen LogP contribution in [-0.4, -0.2) is 172 Å². The third-order valence-electron chi connectivity index (χ3n) is 16.7. The molecule has 9 amide bonds. The fourth-order valence-corrected chi connectivity index (χ4v) is 12.4. The molecule has 494 valence electrons. The second-order valence-corrected chi connectivity index (χ2v) is 24.9. The van der Waals surface area contributed by atoms with Gasteiger partial charge in [0.05, 0.1) is 48.3 Å². The number of aromatic amines is 1. The summed E-state index contributed by atoms with van der Waals surface area (Å²) in [6, 6.07) is 7.84. The van der Waals surface area contributed by atoms with Gasteiger partial charge in [0, 0.05) is 93.3 Å². The third-order valence-corrected chi connectivity index (χ3v) is 17.9. The van der Waals surface area contributed by atoms with E-state index in [1.165, 1.54) is 0 Å². The lowest BCUT2D eigenvalue weighted by Crippen LogP contribution is -2.55. The number of Topliss-reactive ketones (excluding diaryl/α,β-unsaturated/α-hetero) is 5. The minimum Gasteiger partial charge on any atom is -0.391 e. The quantitative estimate of drug-likeness (QED) is 0.0442. The van der Waals surface area contributed by atoms with Crippen LogP contribution in [-0.2, 0) is 91.1 Å². The topological polar surface area (TPSA) is 398 Å². The number of carbonyl (C=O) groups excluding carboxylic acids is 14. The zero-order valence-corrected chi connectivity index (χ0v) is 53.1. The van der Waals surface area contributed by atoms with Crippen LogP contribution in [0.25, 0.3) is 10.9 Å². The van der Waals surface area contributed by atoms with Crippen LogP contribution in [0.4, 0.5) is 0 Å². The average Bonchev–Trinajstić information content (AvgIpc) is 1.68. The minimum atomic E-state index is -1.48. The van der Waals surface area contributed by atoms with Crippen molar-refractivity contribution in [2.24, 2.45) is 29.4 Å². The van der Waals surface area contributed by atoms with Gasteiger partial charge in [0.15, 0.2) is 23.1 Å². The lowest BCUT2D eigenvalue weighted by Gasteiger charge is -2.31. The van der Waals surface area contributed by atoms with Gasteiger partial charge in [0.1, 0.15) is 31.2 Å². The maximum absolute atomic E-state index is 14.9. The van der Waals surface area contributed by atoms with Gasteiger partial charge in [-0.05, 0) is 59.9 Å². The highest BCUT2D eigenvalue weighted by atomic mass is 32.2. The van der Waals surface area contributed by atoms with Gasteiger partial charge >= 0.3 is 0 Å². The number of thioether (sulfide) groups is 1. The number of amides is 9. The summed E-state index contributed by atoms with van der Waals surface area (Å²) in [4.78, 5) is 196. The van der Waals surface area contributed by atoms with Crippen LogP contribution in [0.2, 0.25) is 0 Å². The van der Waals surface area contributed by atoms with Crippen molar-refractivity contribution < 1.29 is 77.0 Å². The first-order chi connectivity index (χ1) is 43.4. The number of aliphatic hydroxyl groups is 1. The van der Waals surface area contributed by atoms with Crippen molar-refractivity contribution in [1.82, 2.24) is 47.1 Å². The Morgan fingerprint density at radius 3 is 2.11 bits per heavy atom. The molecule has 3 aliphatic heterocycles. The summed E-state index contributed by atoms with van der Waals surface area (Å²) in [6.45, 7) is 6.33. The molecule has 3 aromatic rings. The summed E-state index contributed by atoms with van der Waals surface area (Å²) in [5.74, 6) is -13.0. The zero-order valence-electron chi connectivity index (χ0n) is 52.2. The number of primary amides is 1. The standard InChI is InChI=1S/C64H86N10O16S/c1-6-12-41(75)16-19-55(83)69-47(23-37-13-10-9-11-14-37)50(78)18-20-54(82)68-34-90-32-43(77)21-38-15-17-46-44(22-38)45-24-39-25-52(80)58(35(4)7-2)73-61(87)49-28-42(76)31-74(49)64(89)40(27-53(65)81)26-51(79)48(33-91-63(45)71-46)70-56(84)29-67-62(88)59(36(5)8-3)72-57(85)30-66-60(39)86/h9-11,13-15,17,22,35-36,39-40,42,47-49,58-59,71,76H,6-8,12,16,18-21,23-34H2,1-5H3,(H2,65,81)(H,66,86)(H,67,88)(H,68,82)(H,69,83)(H,70,84)(H,72,85)(H,73,87)/t35?,36-,39+,40-,42+,47?,48-,49-,58-,59-/m0/s1. The fourth-order valence-electron chi connectivity index (χ4n) is 11.3. The Kier molecular flexibility index (Phi) is 27.5. The smallest absolute Gasteiger partial charge is 0.243 e. The van der Waals surface area contributed by atoms with Crippen LogP contribution >= 0.6 is 11.8 Å². The Labute approximate surface area is 532 Å². The molecule has 2 unspecified atom stereocenters. The van der Waals surface area contributed by atoms with Crippen molar-refractivity contribution in [2.45, 2.75) is 172 Å². The first-order valence-corrected chi connectivity index (χ1v) is 32.1. The van der Waals surface area contributed by atoms with Crippen LogP contribution in [0.15, 0.2) is 53.6 Å². The van der Waals surface area contributed by atoms with Gasteiger partial charge in [-0.15, -0.1) is 11.8 Å². The predicted molar refractivity (Wildman–Crippen MR) is 333 cm³/mol. The molecule has 0 saturated carbocycles. The fraction of sp³-hybridized carbons (Fsp3) is 0.562. The molecule has 1 aromatic heterocycles. The molecule has 0 spiro atoms. The van der Waals surface area contributed by atoms with Crippen molar-refractivity contribution in [3.8, 4) is 0 Å². The van der Waals surface area contributed by atoms with Gasteiger partial charge in [-0.3, -0.25) is 67.1 Å². The van der Waals surface area contributed by atoms with E-state index in [4.69, 9.17) is 10.5 Å². The largest absolute Gasteiger partial charge is 0.391 e. The highest BCUT2D eigenvalue weighted by Crippen LogP contribution is 2.35. The van der Waals surface area contributed by atoms with E-state index >= 15 is 0 Å². The number of ether oxygens (including phenoxy) is 1. The number of aliphatic hydroxyl groups excluding tert-OH is 1. The first kappa shape index (κ1) is 71.9. The summed E-state index contributed by atoms with van der Waals surface area (Å²) >= 11 is 1.03. The maximum Gasteiger partial charge on any atom is 0.243 e. The van der Waals surface area contributed by atoms with Crippen LogP contribution < -0.4 is 43.0 Å². The summed E-state index contributed by atoms with van der Waals surface area (Å²) in [7, 11) is 0. The van der Waals surface area contributed by atoms with E-state index in [1.54, 1.807) is 70.2 Å². The van der Waals surface area contributed by atoms with Crippen molar-refractivity contribution in [1.29, 1.82) is 0 Å². The number of ketones is 5. The molecule has 2 bridgehead atoms.